The van der Waals surface area contributed by atoms with E-state index < -0.39 is 12.0 Å². The van der Waals surface area contributed by atoms with Gasteiger partial charge in [-0.25, -0.2) is 0 Å². The predicted octanol–water partition coefficient (Wildman–Crippen LogP) is 2.93. The van der Waals surface area contributed by atoms with Crippen LogP contribution in [0.15, 0.2) is 60.7 Å². The molecule has 1 aliphatic heterocycles. The number of amides is 1. The number of esters is 1. The van der Waals surface area contributed by atoms with Crippen LogP contribution in [-0.2, 0) is 14.3 Å². The lowest BCUT2D eigenvalue weighted by Gasteiger charge is -2.17. The maximum Gasteiger partial charge on any atom is 0.307 e. The molecular weight excluding hydrogens is 266 g/mol. The van der Waals surface area contributed by atoms with Crippen molar-refractivity contribution in [2.75, 3.05) is 5.32 Å². The van der Waals surface area contributed by atoms with E-state index in [1.807, 2.05) is 60.7 Å². The van der Waals surface area contributed by atoms with Crippen molar-refractivity contribution in [3.8, 4) is 0 Å². The zero-order valence-electron chi connectivity index (χ0n) is 11.4. The Morgan fingerprint density at radius 2 is 1.62 bits per heavy atom. The smallest absolute Gasteiger partial charge is 0.307 e. The number of hydrogen-bond donors (Lipinski definition) is 1. The van der Waals surface area contributed by atoms with Gasteiger partial charge in [-0.05, 0) is 17.7 Å². The summed E-state index contributed by atoms with van der Waals surface area (Å²) in [6.45, 7) is 0. The normalized spacial score (nSPS) is 20.9. The summed E-state index contributed by atoms with van der Waals surface area (Å²) in [5, 5.41) is 2.83. The highest BCUT2D eigenvalue weighted by molar-refractivity contribution is 5.96. The van der Waals surface area contributed by atoms with E-state index in [0.29, 0.717) is 5.69 Å². The first-order valence-corrected chi connectivity index (χ1v) is 6.84. The van der Waals surface area contributed by atoms with Crippen LogP contribution < -0.4 is 5.32 Å². The summed E-state index contributed by atoms with van der Waals surface area (Å²) in [7, 11) is 0. The Hall–Kier alpha value is -2.62. The molecule has 106 valence electrons. The first kappa shape index (κ1) is 13.4. The molecule has 2 aromatic rings. The van der Waals surface area contributed by atoms with Crippen LogP contribution in [0.4, 0.5) is 5.69 Å². The zero-order chi connectivity index (χ0) is 14.7. The van der Waals surface area contributed by atoms with Crippen molar-refractivity contribution in [3.05, 3.63) is 66.2 Å². The Labute approximate surface area is 122 Å². The first-order valence-electron chi connectivity index (χ1n) is 6.84. The third kappa shape index (κ3) is 2.94. The van der Waals surface area contributed by atoms with Gasteiger partial charge >= 0.3 is 5.97 Å². The van der Waals surface area contributed by atoms with Crippen LogP contribution >= 0.6 is 0 Å². The van der Waals surface area contributed by atoms with Gasteiger partial charge in [-0.2, -0.15) is 0 Å². The van der Waals surface area contributed by atoms with Crippen molar-refractivity contribution in [1.82, 2.24) is 0 Å². The lowest BCUT2D eigenvalue weighted by atomic mass is 9.94. The van der Waals surface area contributed by atoms with Crippen LogP contribution in [-0.4, -0.2) is 11.9 Å². The average Bonchev–Trinajstić information content (AvgIpc) is 2.91. The molecule has 1 heterocycles. The largest absolute Gasteiger partial charge is 0.457 e. The summed E-state index contributed by atoms with van der Waals surface area (Å²) in [4.78, 5) is 24.0. The number of carbonyl (C=O) groups is 2. The van der Waals surface area contributed by atoms with E-state index in [2.05, 4.69) is 5.32 Å². The van der Waals surface area contributed by atoms with Crippen LogP contribution in [0.3, 0.4) is 0 Å². The van der Waals surface area contributed by atoms with E-state index in [-0.39, 0.29) is 18.3 Å². The third-order valence-electron chi connectivity index (χ3n) is 3.52. The van der Waals surface area contributed by atoms with Crippen molar-refractivity contribution in [2.24, 2.45) is 5.92 Å². The number of benzene rings is 2. The summed E-state index contributed by atoms with van der Waals surface area (Å²) in [6.07, 6.45) is -0.402. The monoisotopic (exact) mass is 281 g/mol. The molecule has 1 saturated heterocycles. The molecule has 1 aliphatic rings. The molecule has 1 fully saturated rings. The van der Waals surface area contributed by atoms with Crippen LogP contribution in [0.25, 0.3) is 0 Å². The second-order valence-electron chi connectivity index (χ2n) is 4.99. The zero-order valence-corrected chi connectivity index (χ0v) is 11.4. The minimum atomic E-state index is -0.512. The van der Waals surface area contributed by atoms with Crippen LogP contribution in [0, 0.1) is 5.92 Å². The molecule has 3 rings (SSSR count). The number of ether oxygens (including phenoxy) is 1. The number of para-hydroxylation sites is 1. The lowest BCUT2D eigenvalue weighted by Crippen LogP contribution is -2.25. The van der Waals surface area contributed by atoms with Crippen LogP contribution in [0.2, 0.25) is 0 Å². The van der Waals surface area contributed by atoms with E-state index in [1.54, 1.807) is 0 Å². The highest BCUT2D eigenvalue weighted by Crippen LogP contribution is 2.35. The average molecular weight is 281 g/mol. The molecule has 0 spiro atoms. The van der Waals surface area contributed by atoms with Gasteiger partial charge in [0.1, 0.15) is 6.10 Å². The molecule has 1 amide bonds. The van der Waals surface area contributed by atoms with Crippen molar-refractivity contribution in [2.45, 2.75) is 12.5 Å². The fourth-order valence-electron chi connectivity index (χ4n) is 2.49. The van der Waals surface area contributed by atoms with Crippen molar-refractivity contribution in [1.29, 1.82) is 0 Å². The van der Waals surface area contributed by atoms with Crippen molar-refractivity contribution < 1.29 is 14.3 Å². The van der Waals surface area contributed by atoms with Gasteiger partial charge in [0.25, 0.3) is 0 Å². The standard InChI is InChI=1S/C17H15NO3/c19-15-11-14(16(21-15)12-7-3-1-4-8-12)17(20)18-13-9-5-2-6-10-13/h1-10,14,16H,11H2,(H,18,20)/t14-,16-/m1/s1. The van der Waals surface area contributed by atoms with Gasteiger partial charge in [0, 0.05) is 5.69 Å². The molecule has 0 saturated carbocycles. The summed E-state index contributed by atoms with van der Waals surface area (Å²) in [6, 6.07) is 18.6. The number of nitrogens with one attached hydrogen (secondary N) is 1. The van der Waals surface area contributed by atoms with Crippen LogP contribution in [0.5, 0.6) is 0 Å². The number of rotatable bonds is 3. The summed E-state index contributed by atoms with van der Waals surface area (Å²) in [5.74, 6) is -1.03. The highest BCUT2D eigenvalue weighted by Gasteiger charge is 2.40. The summed E-state index contributed by atoms with van der Waals surface area (Å²) < 4.78 is 5.32. The van der Waals surface area contributed by atoms with Crippen molar-refractivity contribution >= 4 is 17.6 Å². The van der Waals surface area contributed by atoms with E-state index in [1.165, 1.54) is 0 Å². The van der Waals surface area contributed by atoms with E-state index in [0.717, 1.165) is 5.56 Å². The molecule has 0 aromatic heterocycles. The molecule has 2 atom stereocenters. The minimum Gasteiger partial charge on any atom is -0.457 e. The van der Waals surface area contributed by atoms with Crippen molar-refractivity contribution in [3.63, 3.8) is 0 Å². The fourth-order valence-corrected chi connectivity index (χ4v) is 2.49. The topological polar surface area (TPSA) is 55.4 Å². The van der Waals surface area contributed by atoms with E-state index in [4.69, 9.17) is 4.74 Å². The lowest BCUT2D eigenvalue weighted by molar-refractivity contribution is -0.141. The molecule has 0 aliphatic carbocycles. The van der Waals surface area contributed by atoms with E-state index in [9.17, 15) is 9.59 Å². The molecular formula is C17H15NO3. The maximum absolute atomic E-state index is 12.4. The number of carbonyl (C=O) groups excluding carboxylic acids is 2. The van der Waals surface area contributed by atoms with Gasteiger partial charge in [0.2, 0.25) is 5.91 Å². The second kappa shape index (κ2) is 5.79. The maximum atomic E-state index is 12.4. The SMILES string of the molecule is O=C1C[C@@H](C(=O)Nc2ccccc2)[C@@H](c2ccccc2)O1. The third-order valence-corrected chi connectivity index (χ3v) is 3.52. The Kier molecular flexibility index (Phi) is 3.69. The molecule has 4 nitrogen and oxygen atoms in total. The first-order chi connectivity index (χ1) is 10.2. The molecule has 4 heteroatoms. The predicted molar refractivity (Wildman–Crippen MR) is 78.5 cm³/mol. The Bertz CT molecular complexity index is 640. The number of hydrogen-bond acceptors (Lipinski definition) is 3. The molecule has 0 unspecified atom stereocenters. The van der Waals surface area contributed by atoms with Gasteiger partial charge in [-0.3, -0.25) is 9.59 Å². The van der Waals surface area contributed by atoms with Gasteiger partial charge < -0.3 is 10.1 Å². The highest BCUT2D eigenvalue weighted by atomic mass is 16.6. The molecule has 1 N–H and O–H groups in total. The summed E-state index contributed by atoms with van der Waals surface area (Å²) in [5.41, 5.74) is 1.56. The Balaban J connectivity index is 1.79. The summed E-state index contributed by atoms with van der Waals surface area (Å²) >= 11 is 0. The quantitative estimate of drug-likeness (QED) is 0.880. The number of cyclic esters (lactones) is 1. The van der Waals surface area contributed by atoms with Gasteiger partial charge in [0.15, 0.2) is 0 Å². The fraction of sp³-hybridized carbons (Fsp3) is 0.176. The van der Waals surface area contributed by atoms with Gasteiger partial charge in [-0.1, -0.05) is 48.5 Å². The molecule has 2 aromatic carbocycles. The molecule has 0 bridgehead atoms. The number of anilines is 1. The van der Waals surface area contributed by atoms with E-state index >= 15 is 0 Å². The minimum absolute atomic E-state index is 0.109. The van der Waals surface area contributed by atoms with Gasteiger partial charge in [0.05, 0.1) is 12.3 Å². The molecule has 21 heavy (non-hydrogen) atoms. The Morgan fingerprint density at radius 1 is 1.00 bits per heavy atom. The van der Waals surface area contributed by atoms with Gasteiger partial charge in [-0.15, -0.1) is 0 Å². The Morgan fingerprint density at radius 3 is 2.29 bits per heavy atom. The second-order valence-corrected chi connectivity index (χ2v) is 4.99. The molecule has 0 radical (unpaired) electrons. The van der Waals surface area contributed by atoms with Crippen LogP contribution in [0.1, 0.15) is 18.1 Å².